The molecule has 0 saturated heterocycles. The summed E-state index contributed by atoms with van der Waals surface area (Å²) in [4.78, 5) is 9.40. The van der Waals surface area contributed by atoms with E-state index >= 15 is 0 Å². The van der Waals surface area contributed by atoms with Crippen molar-refractivity contribution < 1.29 is 134 Å². The summed E-state index contributed by atoms with van der Waals surface area (Å²) in [6.45, 7) is 6.92. The molecule has 7 rings (SSSR count). The van der Waals surface area contributed by atoms with E-state index in [-0.39, 0.29) is 102 Å². The third-order valence-corrected chi connectivity index (χ3v) is 14.9. The van der Waals surface area contributed by atoms with E-state index in [0.717, 1.165) is 75.5 Å². The van der Waals surface area contributed by atoms with Crippen molar-refractivity contribution in [3.05, 3.63) is 65.7 Å². The number of nitrogens with two attached hydrogens (primary N) is 6. The summed E-state index contributed by atoms with van der Waals surface area (Å²) in [6.07, 6.45) is 16.7. The van der Waals surface area contributed by atoms with Crippen molar-refractivity contribution in [1.82, 2.24) is 0 Å². The standard InChI is InChI=1S/C36H54N6S3.6BrH/c1-2-8-32-31(7-1)37-19-25-13-14-27(43-25)21-39-33-9-3-4-10-34(33)41-23-29-17-18-30(45-29)24-42-36-12-6-5-11-35(36)40-22-28-16-15-26(44-28)20-38-32;;;;;;/h13-18,31-42H,1-12,19-24H2;6*1H/t31-,32-,33-,34-,35-,36-;;;;;;/m1....../s1. The van der Waals surface area contributed by atoms with Gasteiger partial charge >= 0.3 is 0 Å². The predicted octanol–water partition coefficient (Wildman–Crippen LogP) is -17.4. The van der Waals surface area contributed by atoms with E-state index < -0.39 is 0 Å². The van der Waals surface area contributed by atoms with E-state index in [0.29, 0.717) is 0 Å². The summed E-state index contributed by atoms with van der Waals surface area (Å²) in [5, 5.41) is 16.2. The lowest BCUT2D eigenvalue weighted by molar-refractivity contribution is -0.790. The zero-order chi connectivity index (χ0) is 30.3. The zero-order valence-electron chi connectivity index (χ0n) is 29.6. The zero-order valence-corrected chi connectivity index (χ0v) is 41.6. The van der Waals surface area contributed by atoms with Gasteiger partial charge in [0.1, 0.15) is 75.5 Å². The van der Waals surface area contributed by atoms with Gasteiger partial charge in [0.15, 0.2) is 0 Å². The Bertz CT molecular complexity index is 1100. The van der Waals surface area contributed by atoms with Gasteiger partial charge in [0.05, 0.1) is 29.3 Å². The van der Waals surface area contributed by atoms with Crippen molar-refractivity contribution >= 4 is 34.0 Å². The van der Waals surface area contributed by atoms with Crippen molar-refractivity contribution in [2.75, 3.05) is 0 Å². The van der Waals surface area contributed by atoms with Crippen LogP contribution in [0.3, 0.4) is 0 Å². The molecule has 4 heterocycles. The van der Waals surface area contributed by atoms with Gasteiger partial charge in [-0.25, -0.2) is 0 Å². The van der Waals surface area contributed by atoms with Gasteiger partial charge in [-0.1, -0.05) is 0 Å². The largest absolute Gasteiger partial charge is 1.00 e. The topological polar surface area (TPSA) is 99.7 Å². The molecule has 0 aromatic carbocycles. The van der Waals surface area contributed by atoms with Gasteiger partial charge in [0.25, 0.3) is 0 Å². The second kappa shape index (κ2) is 26.6. The first-order valence-electron chi connectivity index (χ1n) is 18.5. The minimum absolute atomic E-state index is 0. The summed E-state index contributed by atoms with van der Waals surface area (Å²) in [5.74, 6) is 0. The van der Waals surface area contributed by atoms with Crippen molar-refractivity contribution in [3.63, 3.8) is 0 Å². The van der Waals surface area contributed by atoms with Crippen molar-refractivity contribution in [3.8, 4) is 0 Å². The quantitative estimate of drug-likeness (QED) is 0.129. The minimum atomic E-state index is 0. The highest BCUT2D eigenvalue weighted by Gasteiger charge is 2.33. The molecule has 0 amide bonds. The molecule has 3 aliphatic carbocycles. The molecule has 294 valence electrons. The maximum atomic E-state index is 2.70. The van der Waals surface area contributed by atoms with Gasteiger partial charge in [-0.15, -0.1) is 34.0 Å². The number of quaternary nitrogens is 6. The molecule has 6 nitrogen and oxygen atoms in total. The number of halogens is 6. The van der Waals surface area contributed by atoms with Crippen molar-refractivity contribution in [2.24, 2.45) is 0 Å². The first kappa shape index (κ1) is 50.8. The Morgan fingerprint density at radius 2 is 0.451 bits per heavy atom. The molecule has 0 unspecified atom stereocenters. The Labute approximate surface area is 382 Å². The number of fused-ring (bicyclic) bond motifs is 9. The SMILES string of the molecule is [Br-].[Br-].[Br-].[Br-].[Br-].[Br-].c1cc2sc1C[NH2+][C@@H]1CCCC[C@H]1[NH2+]Cc1ccc(s1)C[NH2+][C@@H]1CCCC[C@H]1[NH2+]Cc1ccc(s1)C[NH2+][C@@H]1CCCC[C@H]1[NH2+]C2. The Kier molecular flexibility index (Phi) is 26.5. The van der Waals surface area contributed by atoms with Crippen LogP contribution in [0.15, 0.2) is 36.4 Å². The fourth-order valence-corrected chi connectivity index (χ4v) is 11.8. The molecular formula is C36H60Br6N6S3. The van der Waals surface area contributed by atoms with Gasteiger partial charge in [0.2, 0.25) is 0 Å². The molecule has 3 saturated carbocycles. The van der Waals surface area contributed by atoms with Crippen LogP contribution in [-0.2, 0) is 39.3 Å². The summed E-state index contributed by atoms with van der Waals surface area (Å²) < 4.78 is 0. The normalized spacial score (nSPS) is 27.5. The van der Waals surface area contributed by atoms with Gasteiger partial charge in [0, 0.05) is 38.5 Å². The fourth-order valence-electron chi connectivity index (χ4n) is 8.85. The lowest BCUT2D eigenvalue weighted by atomic mass is 9.90. The highest BCUT2D eigenvalue weighted by Crippen LogP contribution is 2.21. The van der Waals surface area contributed by atoms with E-state index in [4.69, 9.17) is 0 Å². The van der Waals surface area contributed by atoms with Crippen LogP contribution >= 0.6 is 34.0 Å². The predicted molar refractivity (Wildman–Crippen MR) is 185 cm³/mol. The van der Waals surface area contributed by atoms with Crippen LogP contribution in [0.4, 0.5) is 0 Å². The Hall–Kier alpha value is 1.74. The number of hydrogen-bond acceptors (Lipinski definition) is 3. The first-order valence-corrected chi connectivity index (χ1v) is 20.9. The molecule has 1 aliphatic heterocycles. The van der Waals surface area contributed by atoms with Gasteiger partial charge in [-0.05, 0) is 74.9 Å². The van der Waals surface area contributed by atoms with Crippen LogP contribution < -0.4 is 134 Å². The van der Waals surface area contributed by atoms with Crippen LogP contribution in [0.25, 0.3) is 0 Å². The Balaban J connectivity index is 0.00000217. The molecule has 3 fully saturated rings. The number of hydrogen-bond donors (Lipinski definition) is 6. The Morgan fingerprint density at radius 3 is 0.608 bits per heavy atom. The molecule has 12 N–H and O–H groups in total. The average molecular weight is 1150 g/mol. The molecule has 0 radical (unpaired) electrons. The molecule has 6 bridgehead atoms. The van der Waals surface area contributed by atoms with Gasteiger partial charge < -0.3 is 134 Å². The maximum absolute atomic E-state index is 2.70. The smallest absolute Gasteiger partial charge is 0.138 e. The molecule has 15 heteroatoms. The molecule has 3 aromatic rings. The van der Waals surface area contributed by atoms with Gasteiger partial charge in [-0.3, -0.25) is 0 Å². The van der Waals surface area contributed by atoms with Crippen LogP contribution in [0.5, 0.6) is 0 Å². The van der Waals surface area contributed by atoms with E-state index in [2.05, 4.69) is 102 Å². The first-order chi connectivity index (χ1) is 22.2. The number of rotatable bonds is 0. The molecular weight excluding hydrogens is 1090 g/mol. The molecule has 4 aliphatic rings. The lowest BCUT2D eigenvalue weighted by Crippen LogP contribution is -3.02. The summed E-state index contributed by atoms with van der Waals surface area (Å²) in [6, 6.07) is 19.1. The van der Waals surface area contributed by atoms with E-state index in [9.17, 15) is 0 Å². The van der Waals surface area contributed by atoms with Crippen LogP contribution in [-0.4, -0.2) is 36.3 Å². The lowest BCUT2D eigenvalue weighted by Gasteiger charge is -2.27. The van der Waals surface area contributed by atoms with Gasteiger partial charge in [-0.2, -0.15) is 0 Å². The summed E-state index contributed by atoms with van der Waals surface area (Å²) in [5.41, 5.74) is 0. The monoisotopic (exact) mass is 1150 g/mol. The second-order valence-corrected chi connectivity index (χ2v) is 18.3. The van der Waals surface area contributed by atoms with Crippen molar-refractivity contribution in [2.45, 2.75) is 153 Å². The second-order valence-electron chi connectivity index (χ2n) is 14.6. The molecule has 3 aromatic heterocycles. The highest BCUT2D eigenvalue weighted by molar-refractivity contribution is 7.12. The minimum Gasteiger partial charge on any atom is -1.00 e. The van der Waals surface area contributed by atoms with E-state index in [1.54, 1.807) is 29.3 Å². The molecule has 51 heavy (non-hydrogen) atoms. The molecule has 0 spiro atoms. The molecule has 6 atom stereocenters. The number of thiophene rings is 3. The highest BCUT2D eigenvalue weighted by atomic mass is 79.9. The van der Waals surface area contributed by atoms with Crippen LogP contribution in [0.2, 0.25) is 0 Å². The van der Waals surface area contributed by atoms with Crippen molar-refractivity contribution in [1.29, 1.82) is 0 Å². The third-order valence-electron chi connectivity index (χ3n) is 11.5. The Morgan fingerprint density at radius 1 is 0.294 bits per heavy atom. The summed E-state index contributed by atoms with van der Waals surface area (Å²) >= 11 is 6.22. The fraction of sp³-hybridized carbons (Fsp3) is 0.667. The van der Waals surface area contributed by atoms with Crippen LogP contribution in [0.1, 0.15) is 106 Å². The average Bonchev–Trinajstić information content (AvgIpc) is 3.85. The van der Waals surface area contributed by atoms with E-state index in [1.807, 2.05) is 0 Å². The van der Waals surface area contributed by atoms with Crippen LogP contribution in [0, 0.1) is 0 Å². The third kappa shape index (κ3) is 15.2. The van der Waals surface area contributed by atoms with E-state index in [1.165, 1.54) is 77.0 Å². The maximum Gasteiger partial charge on any atom is 0.138 e. The summed E-state index contributed by atoms with van der Waals surface area (Å²) in [7, 11) is 0.